The lowest BCUT2D eigenvalue weighted by Gasteiger charge is -2.36. The summed E-state index contributed by atoms with van der Waals surface area (Å²) in [6, 6.07) is 24.0. The third-order valence-electron chi connectivity index (χ3n) is 6.52. The molecule has 4 rings (SSSR count). The summed E-state index contributed by atoms with van der Waals surface area (Å²) in [7, 11) is 0. The molecule has 0 aromatic heterocycles. The maximum Gasteiger partial charge on any atom is 0.304 e. The number of nitrogens with one attached hydrogen (secondary N) is 1. The molecule has 3 N–H and O–H groups in total. The number of aliphatic carboxylic acids is 1. The highest BCUT2D eigenvalue weighted by Crippen LogP contribution is 2.22. The summed E-state index contributed by atoms with van der Waals surface area (Å²) in [5, 5.41) is 22.0. The van der Waals surface area contributed by atoms with Crippen molar-refractivity contribution in [1.29, 1.82) is 0 Å². The SMILES string of the molecule is CC#C[C@@H](CC(=O)O)c1ccc(NCc2ccc(CN3CCN(c4ccc(O)cc4)CC3)cc2)cc1. The first-order valence-electron chi connectivity index (χ1n) is 12.3. The Bertz CT molecular complexity index is 1190. The zero-order valence-corrected chi connectivity index (χ0v) is 20.7. The highest BCUT2D eigenvalue weighted by Gasteiger charge is 2.17. The van der Waals surface area contributed by atoms with E-state index < -0.39 is 5.97 Å². The van der Waals surface area contributed by atoms with Crippen LogP contribution in [0.2, 0.25) is 0 Å². The molecule has 6 heteroatoms. The van der Waals surface area contributed by atoms with E-state index in [0.717, 1.165) is 56.2 Å². The van der Waals surface area contributed by atoms with Crippen molar-refractivity contribution < 1.29 is 15.0 Å². The Morgan fingerprint density at radius 3 is 2.17 bits per heavy atom. The average molecular weight is 484 g/mol. The Balaban J connectivity index is 1.24. The molecule has 0 bridgehead atoms. The number of aromatic hydroxyl groups is 1. The molecular formula is C30H33N3O3. The van der Waals surface area contributed by atoms with Gasteiger partial charge < -0.3 is 20.4 Å². The van der Waals surface area contributed by atoms with Gasteiger partial charge in [-0.15, -0.1) is 5.92 Å². The molecule has 1 saturated heterocycles. The van der Waals surface area contributed by atoms with Crippen molar-refractivity contribution in [2.75, 3.05) is 36.4 Å². The number of hydrogen-bond acceptors (Lipinski definition) is 5. The average Bonchev–Trinajstić information content (AvgIpc) is 2.89. The summed E-state index contributed by atoms with van der Waals surface area (Å²) in [6.45, 7) is 7.38. The molecule has 36 heavy (non-hydrogen) atoms. The number of rotatable bonds is 9. The summed E-state index contributed by atoms with van der Waals surface area (Å²) in [5.41, 5.74) is 5.59. The van der Waals surface area contributed by atoms with Crippen LogP contribution in [-0.4, -0.2) is 47.3 Å². The van der Waals surface area contributed by atoms with E-state index in [1.807, 2.05) is 36.4 Å². The Morgan fingerprint density at radius 1 is 0.917 bits per heavy atom. The number of phenols is 1. The van der Waals surface area contributed by atoms with E-state index in [2.05, 4.69) is 51.2 Å². The molecule has 6 nitrogen and oxygen atoms in total. The number of phenolic OH excluding ortho intramolecular Hbond substituents is 1. The molecule has 0 aliphatic carbocycles. The van der Waals surface area contributed by atoms with E-state index in [4.69, 9.17) is 5.11 Å². The minimum Gasteiger partial charge on any atom is -0.508 e. The second kappa shape index (κ2) is 12.1. The number of anilines is 2. The number of piperazine rings is 1. The van der Waals surface area contributed by atoms with Crippen LogP contribution in [0, 0.1) is 11.8 Å². The molecule has 1 heterocycles. The first-order valence-corrected chi connectivity index (χ1v) is 12.3. The van der Waals surface area contributed by atoms with Gasteiger partial charge in [-0.25, -0.2) is 0 Å². The van der Waals surface area contributed by atoms with Crippen molar-refractivity contribution in [2.45, 2.75) is 32.4 Å². The molecule has 0 unspecified atom stereocenters. The fraction of sp³-hybridized carbons (Fsp3) is 0.300. The molecule has 0 amide bonds. The van der Waals surface area contributed by atoms with Gasteiger partial charge in [-0.2, -0.15) is 0 Å². The van der Waals surface area contributed by atoms with Gasteiger partial charge in [0.25, 0.3) is 0 Å². The number of benzene rings is 3. The number of carbonyl (C=O) groups is 1. The van der Waals surface area contributed by atoms with Gasteiger partial charge in [0.2, 0.25) is 0 Å². The third-order valence-corrected chi connectivity index (χ3v) is 6.52. The fourth-order valence-electron chi connectivity index (χ4n) is 4.49. The van der Waals surface area contributed by atoms with Gasteiger partial charge in [0, 0.05) is 50.6 Å². The smallest absolute Gasteiger partial charge is 0.304 e. The zero-order chi connectivity index (χ0) is 25.3. The highest BCUT2D eigenvalue weighted by molar-refractivity contribution is 5.69. The number of hydrogen-bond donors (Lipinski definition) is 3. The van der Waals surface area contributed by atoms with E-state index >= 15 is 0 Å². The molecule has 186 valence electrons. The molecule has 0 saturated carbocycles. The summed E-state index contributed by atoms with van der Waals surface area (Å²) in [6.07, 6.45) is 0.00800. The Hall–Kier alpha value is -3.95. The van der Waals surface area contributed by atoms with Crippen LogP contribution in [0.3, 0.4) is 0 Å². The van der Waals surface area contributed by atoms with E-state index in [0.29, 0.717) is 5.75 Å². The molecule has 3 aromatic carbocycles. The van der Waals surface area contributed by atoms with E-state index in [1.165, 1.54) is 11.1 Å². The molecular weight excluding hydrogens is 450 g/mol. The van der Waals surface area contributed by atoms with Gasteiger partial charge in [-0.1, -0.05) is 42.3 Å². The second-order valence-corrected chi connectivity index (χ2v) is 9.12. The topological polar surface area (TPSA) is 76.0 Å². The maximum absolute atomic E-state index is 11.1. The molecule has 1 fully saturated rings. The van der Waals surface area contributed by atoms with Gasteiger partial charge in [0.1, 0.15) is 5.75 Å². The lowest BCUT2D eigenvalue weighted by atomic mass is 9.96. The largest absolute Gasteiger partial charge is 0.508 e. The monoisotopic (exact) mass is 483 g/mol. The third kappa shape index (κ3) is 7.03. The predicted molar refractivity (Wildman–Crippen MR) is 144 cm³/mol. The first-order chi connectivity index (χ1) is 17.5. The minimum absolute atomic E-state index is 0.00800. The van der Waals surface area contributed by atoms with Crippen LogP contribution in [0.5, 0.6) is 5.75 Å². The van der Waals surface area contributed by atoms with Crippen molar-refractivity contribution in [1.82, 2.24) is 4.90 Å². The van der Waals surface area contributed by atoms with Crippen LogP contribution in [0.15, 0.2) is 72.8 Å². The van der Waals surface area contributed by atoms with Crippen LogP contribution in [0.4, 0.5) is 11.4 Å². The van der Waals surface area contributed by atoms with Crippen LogP contribution in [0.25, 0.3) is 0 Å². The maximum atomic E-state index is 11.1. The molecule has 3 aromatic rings. The summed E-state index contributed by atoms with van der Waals surface area (Å²) in [4.78, 5) is 15.9. The standard InChI is InChI=1S/C30H33N3O3/c1-2-3-26(20-30(35)36)25-8-10-27(11-9-25)31-21-23-4-6-24(7-5-23)22-32-16-18-33(19-17-32)28-12-14-29(34)15-13-28/h4-15,26,31,34H,16-22H2,1H3,(H,35,36)/t26-/m0/s1. The predicted octanol–water partition coefficient (Wildman–Crippen LogP) is 4.91. The number of carboxylic acid groups (broad SMARTS) is 1. The Kier molecular flexibility index (Phi) is 8.48. The van der Waals surface area contributed by atoms with Crippen LogP contribution in [0.1, 0.15) is 36.0 Å². The first kappa shape index (κ1) is 25.2. The molecule has 1 aliphatic heterocycles. The normalized spacial score (nSPS) is 14.5. The molecule has 1 atom stereocenters. The number of carboxylic acids is 1. The summed E-state index contributed by atoms with van der Waals surface area (Å²) < 4.78 is 0. The number of nitrogens with zero attached hydrogens (tertiary/aromatic N) is 2. The van der Waals surface area contributed by atoms with Gasteiger partial charge in [-0.05, 0) is 60.0 Å². The second-order valence-electron chi connectivity index (χ2n) is 9.12. The van der Waals surface area contributed by atoms with Crippen LogP contribution >= 0.6 is 0 Å². The van der Waals surface area contributed by atoms with Crippen LogP contribution in [-0.2, 0) is 17.9 Å². The van der Waals surface area contributed by atoms with E-state index in [-0.39, 0.29) is 12.3 Å². The van der Waals surface area contributed by atoms with Crippen molar-refractivity contribution in [3.05, 3.63) is 89.5 Å². The van der Waals surface area contributed by atoms with Gasteiger partial charge in [0.05, 0.1) is 12.3 Å². The van der Waals surface area contributed by atoms with Crippen molar-refractivity contribution in [2.24, 2.45) is 0 Å². The van der Waals surface area contributed by atoms with Crippen LogP contribution < -0.4 is 10.2 Å². The Labute approximate surface area is 213 Å². The van der Waals surface area contributed by atoms with Crippen molar-refractivity contribution in [3.63, 3.8) is 0 Å². The Morgan fingerprint density at radius 2 is 1.56 bits per heavy atom. The lowest BCUT2D eigenvalue weighted by molar-refractivity contribution is -0.137. The zero-order valence-electron chi connectivity index (χ0n) is 20.7. The molecule has 0 radical (unpaired) electrons. The van der Waals surface area contributed by atoms with Gasteiger partial charge in [0.15, 0.2) is 0 Å². The molecule has 1 aliphatic rings. The van der Waals surface area contributed by atoms with E-state index in [1.54, 1.807) is 19.1 Å². The fourth-order valence-corrected chi connectivity index (χ4v) is 4.49. The summed E-state index contributed by atoms with van der Waals surface area (Å²) >= 11 is 0. The minimum atomic E-state index is -0.843. The van der Waals surface area contributed by atoms with Crippen molar-refractivity contribution >= 4 is 17.3 Å². The van der Waals surface area contributed by atoms with Gasteiger partial charge in [-0.3, -0.25) is 9.69 Å². The quantitative estimate of drug-likeness (QED) is 0.376. The van der Waals surface area contributed by atoms with Gasteiger partial charge >= 0.3 is 5.97 Å². The lowest BCUT2D eigenvalue weighted by Crippen LogP contribution is -2.45. The van der Waals surface area contributed by atoms with Crippen molar-refractivity contribution in [3.8, 4) is 17.6 Å². The van der Waals surface area contributed by atoms with E-state index in [9.17, 15) is 9.90 Å². The molecule has 0 spiro atoms. The summed E-state index contributed by atoms with van der Waals surface area (Å²) in [5.74, 6) is 4.99. The highest BCUT2D eigenvalue weighted by atomic mass is 16.4.